The van der Waals surface area contributed by atoms with Crippen LogP contribution in [0.2, 0.25) is 0 Å². The topological polar surface area (TPSA) is 48.2 Å². The van der Waals surface area contributed by atoms with E-state index in [2.05, 4.69) is 39.1 Å². The summed E-state index contributed by atoms with van der Waals surface area (Å²) >= 11 is 3.43. The van der Waals surface area contributed by atoms with Crippen molar-refractivity contribution in [1.29, 1.82) is 0 Å². The maximum Gasteiger partial charge on any atom is 0.264 e. The predicted octanol–water partition coefficient (Wildman–Crippen LogP) is 4.69. The summed E-state index contributed by atoms with van der Waals surface area (Å²) in [4.78, 5) is 4.37. The molecule has 0 N–H and O–H groups in total. The molecule has 112 valence electrons. The van der Waals surface area contributed by atoms with Gasteiger partial charge in [-0.25, -0.2) is 0 Å². The molecule has 0 fully saturated rings. The van der Waals surface area contributed by atoms with Crippen LogP contribution in [-0.2, 0) is 6.61 Å². The highest BCUT2D eigenvalue weighted by molar-refractivity contribution is 9.10. The quantitative estimate of drug-likeness (QED) is 0.678. The van der Waals surface area contributed by atoms with Crippen LogP contribution in [0.5, 0.6) is 5.75 Å². The number of nitrogens with zero attached hydrogens (tertiary/aromatic N) is 2. The molecule has 3 aromatic rings. The highest BCUT2D eigenvalue weighted by Gasteiger charge is 2.10. The largest absolute Gasteiger partial charge is 0.483 e. The molecule has 0 atom stereocenters. The molecular weight excluding hydrogens is 344 g/mol. The van der Waals surface area contributed by atoms with Gasteiger partial charge in [-0.05, 0) is 43.2 Å². The van der Waals surface area contributed by atoms with Crippen LogP contribution in [0.1, 0.15) is 17.0 Å². The minimum Gasteiger partial charge on any atom is -0.483 e. The first-order valence-electron chi connectivity index (χ1n) is 6.91. The van der Waals surface area contributed by atoms with Crippen LogP contribution in [-0.4, -0.2) is 10.1 Å². The molecule has 0 aliphatic carbocycles. The first-order chi connectivity index (χ1) is 10.6. The number of halogens is 1. The van der Waals surface area contributed by atoms with E-state index in [1.54, 1.807) is 0 Å². The molecule has 0 bridgehead atoms. The van der Waals surface area contributed by atoms with Gasteiger partial charge in [0.05, 0.1) is 0 Å². The van der Waals surface area contributed by atoms with Crippen molar-refractivity contribution in [3.05, 3.63) is 64.0 Å². The number of benzene rings is 2. The van der Waals surface area contributed by atoms with Crippen molar-refractivity contribution in [3.8, 4) is 17.1 Å². The van der Waals surface area contributed by atoms with E-state index in [1.807, 2.05) is 43.3 Å². The molecule has 0 saturated carbocycles. The maximum atomic E-state index is 5.77. The molecule has 0 aliphatic rings. The van der Waals surface area contributed by atoms with Crippen LogP contribution in [0.4, 0.5) is 0 Å². The summed E-state index contributed by atoms with van der Waals surface area (Å²) in [5.41, 5.74) is 3.21. The van der Waals surface area contributed by atoms with Crippen molar-refractivity contribution in [2.45, 2.75) is 20.5 Å². The van der Waals surface area contributed by atoms with Gasteiger partial charge < -0.3 is 9.26 Å². The zero-order chi connectivity index (χ0) is 15.5. The van der Waals surface area contributed by atoms with Crippen molar-refractivity contribution < 1.29 is 9.26 Å². The van der Waals surface area contributed by atoms with Gasteiger partial charge in [0.25, 0.3) is 5.89 Å². The molecule has 4 nitrogen and oxygen atoms in total. The van der Waals surface area contributed by atoms with Gasteiger partial charge in [0.1, 0.15) is 5.75 Å². The zero-order valence-electron chi connectivity index (χ0n) is 12.3. The number of aromatic nitrogens is 2. The normalized spacial score (nSPS) is 10.7. The van der Waals surface area contributed by atoms with E-state index in [0.717, 1.165) is 21.3 Å². The fourth-order valence-corrected chi connectivity index (χ4v) is 2.48. The Balaban J connectivity index is 1.73. The van der Waals surface area contributed by atoms with Crippen molar-refractivity contribution in [3.63, 3.8) is 0 Å². The second kappa shape index (κ2) is 6.32. The fraction of sp³-hybridized carbons (Fsp3) is 0.176. The monoisotopic (exact) mass is 358 g/mol. The van der Waals surface area contributed by atoms with E-state index in [4.69, 9.17) is 9.26 Å². The summed E-state index contributed by atoms with van der Waals surface area (Å²) in [5, 5.41) is 3.99. The lowest BCUT2D eigenvalue weighted by molar-refractivity contribution is 0.241. The Hall–Kier alpha value is -2.14. The third-order valence-corrected chi connectivity index (χ3v) is 3.95. The molecule has 0 aliphatic heterocycles. The average molecular weight is 359 g/mol. The number of aryl methyl sites for hydroxylation is 1. The Kier molecular flexibility index (Phi) is 4.24. The van der Waals surface area contributed by atoms with E-state index < -0.39 is 0 Å². The molecule has 22 heavy (non-hydrogen) atoms. The van der Waals surface area contributed by atoms with E-state index in [1.165, 1.54) is 5.56 Å². The maximum absolute atomic E-state index is 5.77. The Morgan fingerprint density at radius 1 is 1.14 bits per heavy atom. The third kappa shape index (κ3) is 3.20. The van der Waals surface area contributed by atoms with Gasteiger partial charge >= 0.3 is 0 Å². The van der Waals surface area contributed by atoms with Gasteiger partial charge in [-0.3, -0.25) is 0 Å². The van der Waals surface area contributed by atoms with E-state index >= 15 is 0 Å². The van der Waals surface area contributed by atoms with Crippen LogP contribution in [0.25, 0.3) is 11.4 Å². The predicted molar refractivity (Wildman–Crippen MR) is 87.7 cm³/mol. The van der Waals surface area contributed by atoms with Crippen molar-refractivity contribution in [2.24, 2.45) is 0 Å². The summed E-state index contributed by atoms with van der Waals surface area (Å²) in [6, 6.07) is 13.7. The number of hydrogen-bond acceptors (Lipinski definition) is 4. The first kappa shape index (κ1) is 14.8. The summed E-state index contributed by atoms with van der Waals surface area (Å²) in [6.45, 7) is 4.34. The molecule has 1 aromatic heterocycles. The molecule has 1 heterocycles. The summed E-state index contributed by atoms with van der Waals surface area (Å²) in [7, 11) is 0. The molecule has 2 aromatic carbocycles. The second-order valence-corrected chi connectivity index (χ2v) is 5.92. The van der Waals surface area contributed by atoms with Gasteiger partial charge in [-0.1, -0.05) is 45.4 Å². The van der Waals surface area contributed by atoms with Gasteiger partial charge in [-0.15, -0.1) is 0 Å². The van der Waals surface area contributed by atoms with E-state index in [9.17, 15) is 0 Å². The highest BCUT2D eigenvalue weighted by atomic mass is 79.9. The summed E-state index contributed by atoms with van der Waals surface area (Å²) < 4.78 is 12.0. The first-order valence-corrected chi connectivity index (χ1v) is 7.70. The molecule has 0 unspecified atom stereocenters. The van der Waals surface area contributed by atoms with Crippen molar-refractivity contribution >= 4 is 15.9 Å². The van der Waals surface area contributed by atoms with Gasteiger partial charge in [-0.2, -0.15) is 4.98 Å². The Morgan fingerprint density at radius 2 is 1.95 bits per heavy atom. The summed E-state index contributed by atoms with van der Waals surface area (Å²) in [6.07, 6.45) is 0. The number of hydrogen-bond donors (Lipinski definition) is 0. The number of rotatable bonds is 4. The SMILES string of the molecule is Cc1cccc(OCc2nc(-c3cccc(Br)c3)no2)c1C. The van der Waals surface area contributed by atoms with Crippen LogP contribution < -0.4 is 4.74 Å². The fourth-order valence-electron chi connectivity index (χ4n) is 2.08. The minimum absolute atomic E-state index is 0.255. The molecular formula is C17H15BrN2O2. The van der Waals surface area contributed by atoms with Gasteiger partial charge in [0, 0.05) is 10.0 Å². The van der Waals surface area contributed by atoms with Crippen LogP contribution >= 0.6 is 15.9 Å². The smallest absolute Gasteiger partial charge is 0.264 e. The lowest BCUT2D eigenvalue weighted by Crippen LogP contribution is -1.98. The Bertz CT molecular complexity index is 799. The molecule has 3 rings (SSSR count). The third-order valence-electron chi connectivity index (χ3n) is 3.46. The zero-order valence-corrected chi connectivity index (χ0v) is 13.9. The molecule has 0 radical (unpaired) electrons. The second-order valence-electron chi connectivity index (χ2n) is 5.01. The van der Waals surface area contributed by atoms with Crippen LogP contribution in [0.15, 0.2) is 51.5 Å². The lowest BCUT2D eigenvalue weighted by Gasteiger charge is -2.08. The van der Waals surface area contributed by atoms with Crippen molar-refractivity contribution in [1.82, 2.24) is 10.1 Å². The molecule has 0 spiro atoms. The van der Waals surface area contributed by atoms with Crippen LogP contribution in [0.3, 0.4) is 0 Å². The lowest BCUT2D eigenvalue weighted by atomic mass is 10.1. The minimum atomic E-state index is 0.255. The summed E-state index contributed by atoms with van der Waals surface area (Å²) in [5.74, 6) is 1.85. The highest BCUT2D eigenvalue weighted by Crippen LogP contribution is 2.23. The Morgan fingerprint density at radius 3 is 2.77 bits per heavy atom. The van der Waals surface area contributed by atoms with Gasteiger partial charge in [0.2, 0.25) is 5.82 Å². The molecule has 0 amide bonds. The van der Waals surface area contributed by atoms with Crippen LogP contribution in [0, 0.1) is 13.8 Å². The standard InChI is InChI=1S/C17H15BrN2O2/c1-11-5-3-8-15(12(11)2)21-10-16-19-17(20-22-16)13-6-4-7-14(18)9-13/h3-9H,10H2,1-2H3. The van der Waals surface area contributed by atoms with Gasteiger partial charge in [0.15, 0.2) is 6.61 Å². The molecule has 0 saturated heterocycles. The van der Waals surface area contributed by atoms with E-state index in [-0.39, 0.29) is 6.61 Å². The van der Waals surface area contributed by atoms with E-state index in [0.29, 0.717) is 11.7 Å². The Labute approximate surface area is 137 Å². The molecule has 5 heteroatoms. The number of ether oxygens (including phenoxy) is 1. The average Bonchev–Trinajstić information content (AvgIpc) is 2.98. The van der Waals surface area contributed by atoms with Crippen molar-refractivity contribution in [2.75, 3.05) is 0 Å².